The highest BCUT2D eigenvalue weighted by Gasteiger charge is 2.40. The molecule has 3 heterocycles. The lowest BCUT2D eigenvalue weighted by atomic mass is 9.82. The largest absolute Gasteiger partial charge is 0.494 e. The van der Waals surface area contributed by atoms with Crippen LogP contribution in [0.15, 0.2) is 30.5 Å². The molecular formula is C26H27F2N3O5. The number of rotatable bonds is 7. The Morgan fingerprint density at radius 2 is 2.08 bits per heavy atom. The van der Waals surface area contributed by atoms with E-state index in [0.717, 1.165) is 5.69 Å². The summed E-state index contributed by atoms with van der Waals surface area (Å²) in [5, 5.41) is 17.2. The van der Waals surface area contributed by atoms with Crippen molar-refractivity contribution in [1.29, 1.82) is 0 Å². The molecule has 2 N–H and O–H groups in total. The summed E-state index contributed by atoms with van der Waals surface area (Å²) in [6.07, 6.45) is 0.744. The van der Waals surface area contributed by atoms with Gasteiger partial charge in [-0.05, 0) is 30.2 Å². The summed E-state index contributed by atoms with van der Waals surface area (Å²) < 4.78 is 48.8. The number of ether oxygens (including phenoxy) is 3. The van der Waals surface area contributed by atoms with Crippen molar-refractivity contribution in [2.24, 2.45) is 0 Å². The van der Waals surface area contributed by atoms with Crippen molar-refractivity contribution in [3.05, 3.63) is 53.4 Å². The summed E-state index contributed by atoms with van der Waals surface area (Å²) in [6, 6.07) is 6.30. The fourth-order valence-corrected chi connectivity index (χ4v) is 5.38. The Bertz CT molecular complexity index is 1480. The summed E-state index contributed by atoms with van der Waals surface area (Å²) in [5.41, 5.74) is 2.09. The van der Waals surface area contributed by atoms with Crippen LogP contribution in [0.1, 0.15) is 37.4 Å². The van der Waals surface area contributed by atoms with Gasteiger partial charge in [0.1, 0.15) is 5.52 Å². The first kappa shape index (κ1) is 24.2. The molecule has 0 saturated carbocycles. The van der Waals surface area contributed by atoms with Crippen molar-refractivity contribution >= 4 is 27.8 Å². The van der Waals surface area contributed by atoms with Crippen molar-refractivity contribution in [3.63, 3.8) is 0 Å². The van der Waals surface area contributed by atoms with Crippen LogP contribution in [-0.2, 0) is 19.7 Å². The highest BCUT2D eigenvalue weighted by atomic mass is 19.1. The normalized spacial score (nSPS) is 18.4. The molecule has 36 heavy (non-hydrogen) atoms. The number of carboxylic acid groups (broad SMARTS) is 1. The smallest absolute Gasteiger partial charge is 0.332 e. The van der Waals surface area contributed by atoms with Gasteiger partial charge in [0.25, 0.3) is 0 Å². The third-order valence-electron chi connectivity index (χ3n) is 6.86. The third-order valence-corrected chi connectivity index (χ3v) is 6.86. The van der Waals surface area contributed by atoms with Crippen molar-refractivity contribution in [2.45, 2.75) is 37.7 Å². The molecule has 2 aromatic carbocycles. The van der Waals surface area contributed by atoms with Gasteiger partial charge in [-0.15, -0.1) is 0 Å². The van der Waals surface area contributed by atoms with E-state index in [1.165, 1.54) is 13.2 Å². The van der Waals surface area contributed by atoms with Crippen molar-refractivity contribution in [3.8, 4) is 11.4 Å². The Morgan fingerprint density at radius 3 is 2.75 bits per heavy atom. The molecule has 2 atom stereocenters. The molecule has 0 unspecified atom stereocenters. The van der Waals surface area contributed by atoms with E-state index in [9.17, 15) is 14.3 Å². The first-order chi connectivity index (χ1) is 17.2. The Kier molecular flexibility index (Phi) is 5.96. The standard InChI is InChI=1S/C26H27F2N3O5/c1-26(2,12-34-3)24-20(14-8-19(25(32)33)36-11-14)21-17(7-13-10-29-30-23(13)22(21)28)31(24)15-5-6-16(27)18(9-15)35-4/h5-7,9-10,14,19H,8,11-12H2,1-4H3,(H,29,30)(H,32,33)/t14-,19+/m1/s1. The molecule has 0 spiro atoms. The van der Waals surface area contributed by atoms with Gasteiger partial charge in [0.15, 0.2) is 23.5 Å². The second kappa shape index (κ2) is 8.86. The Morgan fingerprint density at radius 1 is 1.31 bits per heavy atom. The Labute approximate surface area is 205 Å². The number of aliphatic carboxylic acids is 1. The molecule has 10 heteroatoms. The maximum atomic E-state index is 16.2. The summed E-state index contributed by atoms with van der Waals surface area (Å²) in [6.45, 7) is 4.37. The van der Waals surface area contributed by atoms with Crippen molar-refractivity contribution in [1.82, 2.24) is 14.8 Å². The van der Waals surface area contributed by atoms with Crippen LogP contribution in [-0.4, -0.2) is 59.4 Å². The summed E-state index contributed by atoms with van der Waals surface area (Å²) in [4.78, 5) is 11.7. The molecule has 2 aromatic heterocycles. The number of carbonyl (C=O) groups is 1. The third kappa shape index (κ3) is 3.72. The van der Waals surface area contributed by atoms with E-state index in [0.29, 0.717) is 34.1 Å². The van der Waals surface area contributed by atoms with Gasteiger partial charge in [0.2, 0.25) is 0 Å². The quantitative estimate of drug-likeness (QED) is 0.383. The fourth-order valence-electron chi connectivity index (χ4n) is 5.38. The molecule has 1 aliphatic rings. The predicted molar refractivity (Wildman–Crippen MR) is 129 cm³/mol. The molecule has 0 bridgehead atoms. The first-order valence-electron chi connectivity index (χ1n) is 11.6. The summed E-state index contributed by atoms with van der Waals surface area (Å²) >= 11 is 0. The molecule has 190 valence electrons. The highest BCUT2D eigenvalue weighted by Crippen LogP contribution is 2.46. The number of hydrogen-bond donors (Lipinski definition) is 2. The minimum absolute atomic E-state index is 0.0476. The van der Waals surface area contributed by atoms with E-state index >= 15 is 4.39 Å². The van der Waals surface area contributed by atoms with Crippen LogP contribution >= 0.6 is 0 Å². The second-order valence-electron chi connectivity index (χ2n) is 9.75. The van der Waals surface area contributed by atoms with Gasteiger partial charge in [-0.2, -0.15) is 5.10 Å². The molecule has 1 saturated heterocycles. The summed E-state index contributed by atoms with van der Waals surface area (Å²) in [7, 11) is 2.97. The number of carboxylic acids is 1. The fraction of sp³-hybridized carbons (Fsp3) is 0.385. The zero-order valence-electron chi connectivity index (χ0n) is 20.4. The number of halogens is 2. The number of methoxy groups -OCH3 is 2. The highest BCUT2D eigenvalue weighted by molar-refractivity contribution is 6.00. The van der Waals surface area contributed by atoms with Gasteiger partial charge in [0.05, 0.1) is 32.0 Å². The molecule has 8 nitrogen and oxygen atoms in total. The lowest BCUT2D eigenvalue weighted by Gasteiger charge is -2.29. The number of nitrogens with one attached hydrogen (secondary N) is 1. The molecule has 1 fully saturated rings. The monoisotopic (exact) mass is 499 g/mol. The van der Waals surface area contributed by atoms with Crippen LogP contribution in [0.2, 0.25) is 0 Å². The van der Waals surface area contributed by atoms with Gasteiger partial charge in [-0.3, -0.25) is 5.10 Å². The first-order valence-corrected chi connectivity index (χ1v) is 11.6. The van der Waals surface area contributed by atoms with Gasteiger partial charge in [-0.25, -0.2) is 13.6 Å². The SMILES string of the molecule is COCC(C)(C)c1c([C@H]2CO[C@H](C(=O)O)C2)c2c(F)c3[nH]ncc3cc2n1-c1ccc(F)c(OC)c1. The molecule has 0 amide bonds. The number of hydrogen-bond acceptors (Lipinski definition) is 5. The lowest BCUT2D eigenvalue weighted by Crippen LogP contribution is -2.29. The van der Waals surface area contributed by atoms with Crippen molar-refractivity contribution < 1.29 is 32.9 Å². The van der Waals surface area contributed by atoms with Crippen LogP contribution in [0.25, 0.3) is 27.5 Å². The van der Waals surface area contributed by atoms with E-state index in [4.69, 9.17) is 14.2 Å². The molecule has 0 aliphatic carbocycles. The van der Waals surface area contributed by atoms with Gasteiger partial charge in [-0.1, -0.05) is 13.8 Å². The Hall–Kier alpha value is -3.50. The number of aromatic amines is 1. The van der Waals surface area contributed by atoms with Crippen LogP contribution in [0.3, 0.4) is 0 Å². The van der Waals surface area contributed by atoms with Crippen LogP contribution in [0.4, 0.5) is 8.78 Å². The zero-order valence-corrected chi connectivity index (χ0v) is 20.4. The van der Waals surface area contributed by atoms with Gasteiger partial charge in [0, 0.05) is 46.7 Å². The van der Waals surface area contributed by atoms with E-state index < -0.39 is 35.0 Å². The minimum Gasteiger partial charge on any atom is -0.494 e. The Balaban J connectivity index is 1.92. The topological polar surface area (TPSA) is 98.6 Å². The molecule has 0 radical (unpaired) electrons. The van der Waals surface area contributed by atoms with E-state index in [-0.39, 0.29) is 24.3 Å². The van der Waals surface area contributed by atoms with E-state index in [2.05, 4.69) is 10.2 Å². The maximum absolute atomic E-state index is 16.2. The van der Waals surface area contributed by atoms with E-state index in [1.54, 1.807) is 25.4 Å². The number of benzene rings is 2. The average molecular weight is 500 g/mol. The number of aromatic nitrogens is 3. The minimum atomic E-state index is -1.06. The van der Waals surface area contributed by atoms with Crippen molar-refractivity contribution in [2.75, 3.05) is 27.4 Å². The van der Waals surface area contributed by atoms with Gasteiger partial charge >= 0.3 is 5.97 Å². The zero-order chi connectivity index (χ0) is 25.8. The van der Waals surface area contributed by atoms with Crippen LogP contribution < -0.4 is 4.74 Å². The maximum Gasteiger partial charge on any atom is 0.332 e. The summed E-state index contributed by atoms with van der Waals surface area (Å²) in [5.74, 6) is -2.41. The molecule has 1 aliphatic heterocycles. The average Bonchev–Trinajstić information content (AvgIpc) is 3.57. The van der Waals surface area contributed by atoms with E-state index in [1.807, 2.05) is 24.5 Å². The number of nitrogens with zero attached hydrogens (tertiary/aromatic N) is 2. The number of fused-ring (bicyclic) bond motifs is 2. The molecular weight excluding hydrogens is 472 g/mol. The lowest BCUT2D eigenvalue weighted by molar-refractivity contribution is -0.147. The molecule has 5 rings (SSSR count). The molecule has 4 aromatic rings. The van der Waals surface area contributed by atoms with Crippen LogP contribution in [0.5, 0.6) is 5.75 Å². The second-order valence-corrected chi connectivity index (χ2v) is 9.75. The van der Waals surface area contributed by atoms with Crippen LogP contribution in [0, 0.1) is 11.6 Å². The number of H-pyrrole nitrogens is 1. The predicted octanol–water partition coefficient (Wildman–Crippen LogP) is 4.67. The van der Waals surface area contributed by atoms with Gasteiger partial charge < -0.3 is 23.9 Å².